The maximum absolute atomic E-state index is 12.2. The minimum absolute atomic E-state index is 0.161. The van der Waals surface area contributed by atoms with Crippen molar-refractivity contribution in [2.75, 3.05) is 46.4 Å². The van der Waals surface area contributed by atoms with E-state index in [2.05, 4.69) is 20.9 Å². The van der Waals surface area contributed by atoms with Crippen molar-refractivity contribution >= 4 is 17.9 Å². The average Bonchev–Trinajstić information content (AvgIpc) is 3.06. The van der Waals surface area contributed by atoms with Gasteiger partial charge < -0.3 is 20.1 Å². The second-order valence-corrected chi connectivity index (χ2v) is 9.10. The molecule has 1 aromatic rings. The molecule has 0 aliphatic carbocycles. The number of ether oxygens (including phenoxy) is 1. The molecule has 0 bridgehead atoms. The van der Waals surface area contributed by atoms with E-state index in [0.29, 0.717) is 13.2 Å². The van der Waals surface area contributed by atoms with Crippen LogP contribution in [0, 0.1) is 18.3 Å². The Morgan fingerprint density at radius 3 is 2.03 bits per heavy atom. The fraction of sp³-hybridized carbons (Fsp3) is 0.652. The Balaban J connectivity index is 0.000000449. The largest absolute Gasteiger partial charge is 0.490 e. The smallest absolute Gasteiger partial charge is 0.481 e. The Morgan fingerprint density at radius 2 is 1.56 bits per heavy atom. The molecule has 0 radical (unpaired) electrons. The first-order valence-corrected chi connectivity index (χ1v) is 11.6. The summed E-state index contributed by atoms with van der Waals surface area (Å²) in [5.74, 6) is -5.98. The molecule has 1 aromatic heterocycles. The fourth-order valence-corrected chi connectivity index (χ4v) is 4.42. The molecule has 10 nitrogen and oxygen atoms in total. The highest BCUT2D eigenvalue weighted by molar-refractivity contribution is 5.76. The summed E-state index contributed by atoms with van der Waals surface area (Å²) in [6.07, 6.45) is -8.49. The van der Waals surface area contributed by atoms with Crippen LogP contribution < -0.4 is 0 Å². The van der Waals surface area contributed by atoms with Crippen LogP contribution in [0.15, 0.2) is 18.2 Å². The molecule has 39 heavy (non-hydrogen) atoms. The van der Waals surface area contributed by atoms with Gasteiger partial charge in [-0.2, -0.15) is 26.3 Å². The van der Waals surface area contributed by atoms with Gasteiger partial charge in [-0.25, -0.2) is 9.59 Å². The zero-order chi connectivity index (χ0) is 30.0. The van der Waals surface area contributed by atoms with E-state index in [4.69, 9.17) is 24.5 Å². The van der Waals surface area contributed by atoms with Crippen LogP contribution >= 0.6 is 0 Å². The third-order valence-electron chi connectivity index (χ3n) is 6.20. The minimum Gasteiger partial charge on any atom is -0.481 e. The summed E-state index contributed by atoms with van der Waals surface area (Å²) in [6, 6.07) is 6.10. The standard InChI is InChI=1S/C19H29N3O3.2C2HF3O2/c1-15-5-3-6-17(20-15)13-21-8-4-7-19(18(23)24)14-22(9-10-25-2)12-16(19)11-21;2*3-2(4,5)1(6)7/h3,5-6,16H,4,7-14H2,1-2H3,(H,23,24);2*(H,6,7)/t16-,19-;;/m0../s1. The highest BCUT2D eigenvalue weighted by Gasteiger charge is 2.53. The molecule has 0 unspecified atom stereocenters. The minimum atomic E-state index is -5.08. The van der Waals surface area contributed by atoms with E-state index in [1.807, 2.05) is 19.1 Å². The molecule has 2 saturated heterocycles. The summed E-state index contributed by atoms with van der Waals surface area (Å²) >= 11 is 0. The van der Waals surface area contributed by atoms with Gasteiger partial charge in [-0.1, -0.05) is 6.07 Å². The number of fused-ring (bicyclic) bond motifs is 1. The predicted molar refractivity (Wildman–Crippen MR) is 123 cm³/mol. The topological polar surface area (TPSA) is 140 Å². The van der Waals surface area contributed by atoms with Gasteiger partial charge in [-0.15, -0.1) is 0 Å². The lowest BCUT2D eigenvalue weighted by Crippen LogP contribution is -2.41. The van der Waals surface area contributed by atoms with Gasteiger partial charge >= 0.3 is 30.3 Å². The summed E-state index contributed by atoms with van der Waals surface area (Å²) in [4.78, 5) is 39.2. The zero-order valence-electron chi connectivity index (χ0n) is 21.3. The van der Waals surface area contributed by atoms with Gasteiger partial charge in [0.1, 0.15) is 0 Å². The second kappa shape index (κ2) is 14.4. The van der Waals surface area contributed by atoms with E-state index in [9.17, 15) is 36.2 Å². The predicted octanol–water partition coefficient (Wildman–Crippen LogP) is 2.90. The van der Waals surface area contributed by atoms with Gasteiger partial charge in [0.05, 0.1) is 17.7 Å². The highest BCUT2D eigenvalue weighted by Crippen LogP contribution is 2.43. The number of carboxylic acids is 3. The average molecular weight is 576 g/mol. The Bertz CT molecular complexity index is 952. The first-order chi connectivity index (χ1) is 17.9. The van der Waals surface area contributed by atoms with Gasteiger partial charge in [0.2, 0.25) is 0 Å². The lowest BCUT2D eigenvalue weighted by atomic mass is 9.75. The number of aryl methyl sites for hydroxylation is 1. The summed E-state index contributed by atoms with van der Waals surface area (Å²) in [5, 5.41) is 24.2. The number of rotatable bonds is 6. The molecule has 3 N–H and O–H groups in total. The van der Waals surface area contributed by atoms with Crippen LogP contribution in [0.25, 0.3) is 0 Å². The molecule has 2 aliphatic rings. The molecular formula is C23H31F6N3O7. The number of pyridine rings is 1. The van der Waals surface area contributed by atoms with Gasteiger partial charge in [0.25, 0.3) is 0 Å². The molecule has 0 amide bonds. The first-order valence-electron chi connectivity index (χ1n) is 11.6. The molecule has 0 spiro atoms. The van der Waals surface area contributed by atoms with Crippen LogP contribution in [0.4, 0.5) is 26.3 Å². The number of likely N-dealkylation sites (tertiary alicyclic amines) is 2. The lowest BCUT2D eigenvalue weighted by molar-refractivity contribution is -0.193. The summed E-state index contributed by atoms with van der Waals surface area (Å²) in [7, 11) is 1.69. The maximum Gasteiger partial charge on any atom is 0.490 e. The number of aromatic nitrogens is 1. The molecule has 0 saturated carbocycles. The van der Waals surface area contributed by atoms with E-state index >= 15 is 0 Å². The van der Waals surface area contributed by atoms with Gasteiger partial charge in [0, 0.05) is 51.4 Å². The highest BCUT2D eigenvalue weighted by atomic mass is 19.4. The van der Waals surface area contributed by atoms with Crippen molar-refractivity contribution in [3.05, 3.63) is 29.6 Å². The number of alkyl halides is 6. The molecule has 2 fully saturated rings. The van der Waals surface area contributed by atoms with Crippen LogP contribution in [-0.2, 0) is 25.7 Å². The van der Waals surface area contributed by atoms with Crippen molar-refractivity contribution in [3.8, 4) is 0 Å². The Hall–Kier alpha value is -2.98. The molecule has 2 atom stereocenters. The molecule has 0 aromatic carbocycles. The Kier molecular flexibility index (Phi) is 12.6. The summed E-state index contributed by atoms with van der Waals surface area (Å²) < 4.78 is 68.7. The number of hydrogen-bond donors (Lipinski definition) is 3. The monoisotopic (exact) mass is 575 g/mol. The molecule has 16 heteroatoms. The van der Waals surface area contributed by atoms with Crippen molar-refractivity contribution in [2.45, 2.75) is 38.7 Å². The third-order valence-corrected chi connectivity index (χ3v) is 6.20. The van der Waals surface area contributed by atoms with Crippen molar-refractivity contribution in [1.82, 2.24) is 14.8 Å². The van der Waals surface area contributed by atoms with Gasteiger partial charge in [-0.05, 0) is 38.4 Å². The summed E-state index contributed by atoms with van der Waals surface area (Å²) in [6.45, 7) is 7.52. The Morgan fingerprint density at radius 1 is 1.03 bits per heavy atom. The van der Waals surface area contributed by atoms with E-state index in [-0.39, 0.29) is 5.92 Å². The SMILES string of the molecule is COCCN1C[C@@H]2CN(Cc3cccc(C)n3)CCC[C@]2(C(=O)O)C1.O=C(O)C(F)(F)F.O=C(O)C(F)(F)F. The quantitative estimate of drug-likeness (QED) is 0.434. The normalized spacial score (nSPS) is 21.9. The van der Waals surface area contributed by atoms with Crippen molar-refractivity contribution in [3.63, 3.8) is 0 Å². The lowest BCUT2D eigenvalue weighted by Gasteiger charge is -2.29. The van der Waals surface area contributed by atoms with Crippen molar-refractivity contribution < 1.29 is 60.8 Å². The van der Waals surface area contributed by atoms with E-state index < -0.39 is 35.7 Å². The molecule has 2 aliphatic heterocycles. The third kappa shape index (κ3) is 11.0. The second-order valence-electron chi connectivity index (χ2n) is 9.10. The van der Waals surface area contributed by atoms with Crippen molar-refractivity contribution in [1.29, 1.82) is 0 Å². The van der Waals surface area contributed by atoms with E-state index in [1.165, 1.54) is 0 Å². The van der Waals surface area contributed by atoms with E-state index in [1.54, 1.807) is 7.11 Å². The van der Waals surface area contributed by atoms with Crippen LogP contribution in [0.5, 0.6) is 0 Å². The molecule has 3 rings (SSSR count). The first kappa shape index (κ1) is 34.0. The molecular weight excluding hydrogens is 544 g/mol. The van der Waals surface area contributed by atoms with Crippen LogP contribution in [0.3, 0.4) is 0 Å². The number of halogens is 6. The molecule has 222 valence electrons. The number of aliphatic carboxylic acids is 3. The van der Waals surface area contributed by atoms with Crippen LogP contribution in [0.2, 0.25) is 0 Å². The maximum atomic E-state index is 12.2. The number of carbonyl (C=O) groups is 3. The van der Waals surface area contributed by atoms with Crippen LogP contribution in [-0.4, -0.2) is 107 Å². The number of nitrogens with zero attached hydrogens (tertiary/aromatic N) is 3. The fourth-order valence-electron chi connectivity index (χ4n) is 4.42. The number of methoxy groups -OCH3 is 1. The molecule has 3 heterocycles. The number of carboxylic acid groups (broad SMARTS) is 3. The van der Waals surface area contributed by atoms with Crippen molar-refractivity contribution in [2.24, 2.45) is 11.3 Å². The van der Waals surface area contributed by atoms with E-state index in [0.717, 1.165) is 57.0 Å². The van der Waals surface area contributed by atoms with Gasteiger partial charge in [-0.3, -0.25) is 19.6 Å². The summed E-state index contributed by atoms with van der Waals surface area (Å²) in [5.41, 5.74) is 1.48. The van der Waals surface area contributed by atoms with Gasteiger partial charge in [0.15, 0.2) is 0 Å². The van der Waals surface area contributed by atoms with Crippen LogP contribution in [0.1, 0.15) is 24.2 Å². The zero-order valence-corrected chi connectivity index (χ0v) is 21.3. The number of hydrogen-bond acceptors (Lipinski definition) is 7. The Labute approximate surface area is 220 Å².